The van der Waals surface area contributed by atoms with Gasteiger partial charge < -0.3 is 4.74 Å². The molecule has 0 amide bonds. The molecule has 0 bridgehead atoms. The number of nitrogens with zero attached hydrogens (tertiary/aromatic N) is 2. The lowest BCUT2D eigenvalue weighted by Crippen LogP contribution is -2.60. The van der Waals surface area contributed by atoms with Crippen molar-refractivity contribution in [3.8, 4) is 6.07 Å². The van der Waals surface area contributed by atoms with Crippen LogP contribution in [0, 0.1) is 22.2 Å². The van der Waals surface area contributed by atoms with Crippen LogP contribution in [0.1, 0.15) is 65.7 Å². The SMILES string of the molecule is CCCCC[C@@]1(C)CC=CC(N2CCCC2)[C@@]1(C#N)C(=O)OCC. The van der Waals surface area contributed by atoms with E-state index in [1.54, 1.807) is 0 Å². The fourth-order valence-electron chi connectivity index (χ4n) is 4.46. The van der Waals surface area contributed by atoms with E-state index in [-0.39, 0.29) is 17.4 Å². The van der Waals surface area contributed by atoms with Gasteiger partial charge in [0.1, 0.15) is 0 Å². The maximum atomic E-state index is 13.1. The van der Waals surface area contributed by atoms with E-state index in [0.29, 0.717) is 6.61 Å². The van der Waals surface area contributed by atoms with Gasteiger partial charge >= 0.3 is 5.97 Å². The molecule has 4 nitrogen and oxygen atoms in total. The van der Waals surface area contributed by atoms with Crippen molar-refractivity contribution < 1.29 is 9.53 Å². The minimum atomic E-state index is -1.10. The maximum absolute atomic E-state index is 13.1. The van der Waals surface area contributed by atoms with E-state index >= 15 is 0 Å². The summed E-state index contributed by atoms with van der Waals surface area (Å²) in [6, 6.07) is 2.32. The van der Waals surface area contributed by atoms with Gasteiger partial charge in [0.2, 0.25) is 0 Å². The molecule has 24 heavy (non-hydrogen) atoms. The summed E-state index contributed by atoms with van der Waals surface area (Å²) in [6.07, 6.45) is 11.5. The number of ether oxygens (including phenoxy) is 1. The predicted molar refractivity (Wildman–Crippen MR) is 95.3 cm³/mol. The van der Waals surface area contributed by atoms with Gasteiger partial charge in [-0.1, -0.05) is 45.3 Å². The second-order valence-electron chi connectivity index (χ2n) is 7.48. The quantitative estimate of drug-likeness (QED) is 0.400. The van der Waals surface area contributed by atoms with Crippen LogP contribution in [0.5, 0.6) is 0 Å². The molecule has 1 aliphatic heterocycles. The highest BCUT2D eigenvalue weighted by molar-refractivity contribution is 5.83. The van der Waals surface area contributed by atoms with Gasteiger partial charge in [-0.15, -0.1) is 0 Å². The third kappa shape index (κ3) is 3.24. The van der Waals surface area contributed by atoms with Crippen LogP contribution in [0.2, 0.25) is 0 Å². The molecular weight excluding hydrogens is 300 g/mol. The van der Waals surface area contributed by atoms with Gasteiger partial charge in [-0.05, 0) is 45.7 Å². The molecule has 1 fully saturated rings. The third-order valence-corrected chi connectivity index (χ3v) is 5.92. The normalized spacial score (nSPS) is 33.3. The number of esters is 1. The smallest absolute Gasteiger partial charge is 0.329 e. The molecule has 0 N–H and O–H groups in total. The van der Waals surface area contributed by atoms with Gasteiger partial charge in [-0.25, -0.2) is 0 Å². The first kappa shape index (κ1) is 19.0. The summed E-state index contributed by atoms with van der Waals surface area (Å²) in [5.74, 6) is -0.326. The lowest BCUT2D eigenvalue weighted by Gasteiger charge is -2.50. The number of allylic oxidation sites excluding steroid dienone is 1. The number of hydrogen-bond donors (Lipinski definition) is 0. The average Bonchev–Trinajstić information content (AvgIpc) is 3.09. The minimum absolute atomic E-state index is 0.163. The van der Waals surface area contributed by atoms with Crippen LogP contribution in [0.4, 0.5) is 0 Å². The Morgan fingerprint density at radius 2 is 2.04 bits per heavy atom. The lowest BCUT2D eigenvalue weighted by molar-refractivity contribution is -0.164. The molecular formula is C20H32N2O2. The first-order valence-electron chi connectivity index (χ1n) is 9.55. The average molecular weight is 332 g/mol. The van der Waals surface area contributed by atoms with Crippen molar-refractivity contribution in [2.45, 2.75) is 71.8 Å². The van der Waals surface area contributed by atoms with Crippen LogP contribution in [0.3, 0.4) is 0 Å². The largest absolute Gasteiger partial charge is 0.465 e. The Morgan fingerprint density at radius 3 is 2.62 bits per heavy atom. The van der Waals surface area contributed by atoms with Gasteiger partial charge in [-0.3, -0.25) is 9.69 Å². The second kappa shape index (κ2) is 8.16. The zero-order chi connectivity index (χ0) is 17.6. The van der Waals surface area contributed by atoms with E-state index in [1.165, 1.54) is 0 Å². The molecule has 1 heterocycles. The molecule has 4 heteroatoms. The first-order chi connectivity index (χ1) is 11.6. The van der Waals surface area contributed by atoms with Crippen molar-refractivity contribution in [1.82, 2.24) is 4.90 Å². The van der Waals surface area contributed by atoms with Gasteiger partial charge in [-0.2, -0.15) is 5.26 Å². The van der Waals surface area contributed by atoms with Crippen molar-refractivity contribution in [1.29, 1.82) is 5.26 Å². The molecule has 1 aliphatic carbocycles. The zero-order valence-electron chi connectivity index (χ0n) is 15.5. The van der Waals surface area contributed by atoms with Crippen LogP contribution in [0.25, 0.3) is 0 Å². The standard InChI is InChI=1S/C20H32N2O2/c1-4-6-7-12-19(3)13-10-11-17(22-14-8-9-15-22)20(19,16-21)18(23)24-5-2/h10-11,17H,4-9,12-15H2,1-3H3/t17?,19-,20-/m0/s1. The fourth-order valence-corrected chi connectivity index (χ4v) is 4.46. The summed E-state index contributed by atoms with van der Waals surface area (Å²) in [4.78, 5) is 15.4. The van der Waals surface area contributed by atoms with Gasteiger partial charge in [0.15, 0.2) is 5.41 Å². The summed E-state index contributed by atoms with van der Waals surface area (Å²) >= 11 is 0. The topological polar surface area (TPSA) is 53.3 Å². The summed E-state index contributed by atoms with van der Waals surface area (Å²) in [5.41, 5.74) is -1.47. The Hall–Kier alpha value is -1.34. The predicted octanol–water partition coefficient (Wildman–Crippen LogP) is 4.07. The molecule has 1 unspecified atom stereocenters. The van der Waals surface area contributed by atoms with Crippen molar-refractivity contribution in [3.63, 3.8) is 0 Å². The highest BCUT2D eigenvalue weighted by atomic mass is 16.5. The Kier molecular flexibility index (Phi) is 6.46. The first-order valence-corrected chi connectivity index (χ1v) is 9.55. The highest BCUT2D eigenvalue weighted by Gasteiger charge is 2.61. The molecule has 0 spiro atoms. The molecule has 0 radical (unpaired) electrons. The summed E-state index contributed by atoms with van der Waals surface area (Å²) in [7, 11) is 0. The number of carbonyl (C=O) groups is 1. The second-order valence-corrected chi connectivity index (χ2v) is 7.48. The molecule has 0 aromatic rings. The van der Waals surface area contributed by atoms with Crippen molar-refractivity contribution in [2.75, 3.05) is 19.7 Å². The monoisotopic (exact) mass is 332 g/mol. The summed E-state index contributed by atoms with van der Waals surface area (Å²) < 4.78 is 5.45. The molecule has 134 valence electrons. The molecule has 2 aliphatic rings. The van der Waals surface area contributed by atoms with E-state index in [4.69, 9.17) is 4.74 Å². The van der Waals surface area contributed by atoms with Crippen LogP contribution in [-0.2, 0) is 9.53 Å². The molecule has 1 saturated heterocycles. The molecule has 3 atom stereocenters. The molecule has 0 saturated carbocycles. The number of rotatable bonds is 7. The highest BCUT2D eigenvalue weighted by Crippen LogP contribution is 2.53. The fraction of sp³-hybridized carbons (Fsp3) is 0.800. The van der Waals surface area contributed by atoms with Crippen molar-refractivity contribution in [3.05, 3.63) is 12.2 Å². The molecule has 0 aromatic carbocycles. The number of nitriles is 1. The Bertz CT molecular complexity index is 504. The van der Waals surface area contributed by atoms with E-state index in [2.05, 4.69) is 37.0 Å². The number of hydrogen-bond acceptors (Lipinski definition) is 4. The molecule has 0 aromatic heterocycles. The van der Waals surface area contributed by atoms with Crippen LogP contribution in [0.15, 0.2) is 12.2 Å². The Morgan fingerprint density at radius 1 is 1.33 bits per heavy atom. The van der Waals surface area contributed by atoms with Gasteiger partial charge in [0, 0.05) is 5.41 Å². The van der Waals surface area contributed by atoms with Gasteiger partial charge in [0.25, 0.3) is 0 Å². The number of unbranched alkanes of at least 4 members (excludes halogenated alkanes) is 2. The molecule has 2 rings (SSSR count). The number of carbonyl (C=O) groups excluding carboxylic acids is 1. The lowest BCUT2D eigenvalue weighted by atomic mass is 9.55. The third-order valence-electron chi connectivity index (χ3n) is 5.92. The van der Waals surface area contributed by atoms with E-state index in [0.717, 1.165) is 58.0 Å². The van der Waals surface area contributed by atoms with Crippen LogP contribution < -0.4 is 0 Å². The number of likely N-dealkylation sites (tertiary alicyclic amines) is 1. The zero-order valence-corrected chi connectivity index (χ0v) is 15.5. The van der Waals surface area contributed by atoms with Crippen LogP contribution in [-0.4, -0.2) is 36.6 Å². The minimum Gasteiger partial charge on any atom is -0.465 e. The van der Waals surface area contributed by atoms with E-state index in [9.17, 15) is 10.1 Å². The Labute approximate surface area is 146 Å². The van der Waals surface area contributed by atoms with E-state index in [1.807, 2.05) is 6.92 Å². The Balaban J connectivity index is 2.42. The summed E-state index contributed by atoms with van der Waals surface area (Å²) in [6.45, 7) is 8.37. The van der Waals surface area contributed by atoms with Crippen molar-refractivity contribution in [2.24, 2.45) is 10.8 Å². The van der Waals surface area contributed by atoms with Crippen molar-refractivity contribution >= 4 is 5.97 Å². The van der Waals surface area contributed by atoms with Crippen LogP contribution >= 0.6 is 0 Å². The summed E-state index contributed by atoms with van der Waals surface area (Å²) in [5, 5.41) is 10.3. The maximum Gasteiger partial charge on any atom is 0.329 e. The van der Waals surface area contributed by atoms with E-state index < -0.39 is 5.41 Å². The van der Waals surface area contributed by atoms with Gasteiger partial charge in [0.05, 0.1) is 18.7 Å².